The van der Waals surface area contributed by atoms with Gasteiger partial charge in [-0.25, -0.2) is 9.97 Å². The Labute approximate surface area is 160 Å². The fourth-order valence-electron chi connectivity index (χ4n) is 3.91. The van der Waals surface area contributed by atoms with Crippen LogP contribution in [-0.4, -0.2) is 35.5 Å². The number of rotatable bonds is 5. The minimum Gasteiger partial charge on any atom is -0.363 e. The lowest BCUT2D eigenvalue weighted by Crippen LogP contribution is -2.30. The third-order valence-corrected chi connectivity index (χ3v) is 5.45. The third-order valence-electron chi connectivity index (χ3n) is 5.45. The summed E-state index contributed by atoms with van der Waals surface area (Å²) in [5, 5.41) is 3.49. The second-order valence-corrected chi connectivity index (χ2v) is 7.42. The van der Waals surface area contributed by atoms with E-state index in [1.165, 1.54) is 19.3 Å². The number of nitrogens with one attached hydrogen (secondary N) is 1. The van der Waals surface area contributed by atoms with Crippen molar-refractivity contribution < 1.29 is 4.79 Å². The van der Waals surface area contributed by atoms with Gasteiger partial charge < -0.3 is 15.1 Å². The van der Waals surface area contributed by atoms with Crippen LogP contribution in [0.4, 0.5) is 17.3 Å². The van der Waals surface area contributed by atoms with Crippen LogP contribution >= 0.6 is 0 Å². The molecule has 27 heavy (non-hydrogen) atoms. The van der Waals surface area contributed by atoms with E-state index < -0.39 is 0 Å². The van der Waals surface area contributed by atoms with E-state index >= 15 is 0 Å². The van der Waals surface area contributed by atoms with Gasteiger partial charge in [0.1, 0.15) is 18.0 Å². The van der Waals surface area contributed by atoms with E-state index in [0.29, 0.717) is 6.42 Å². The van der Waals surface area contributed by atoms with E-state index in [4.69, 9.17) is 0 Å². The van der Waals surface area contributed by atoms with Crippen LogP contribution in [0, 0.1) is 0 Å². The van der Waals surface area contributed by atoms with Gasteiger partial charge in [-0.1, -0.05) is 12.1 Å². The molecule has 0 spiro atoms. The van der Waals surface area contributed by atoms with Gasteiger partial charge in [-0.3, -0.25) is 4.79 Å². The first-order valence-corrected chi connectivity index (χ1v) is 9.94. The Morgan fingerprint density at radius 2 is 1.89 bits per heavy atom. The van der Waals surface area contributed by atoms with Gasteiger partial charge in [0.2, 0.25) is 5.91 Å². The molecule has 1 unspecified atom stereocenters. The van der Waals surface area contributed by atoms with Crippen LogP contribution < -0.4 is 15.1 Å². The van der Waals surface area contributed by atoms with Crippen molar-refractivity contribution >= 4 is 23.2 Å². The van der Waals surface area contributed by atoms with Gasteiger partial charge in [0.05, 0.1) is 6.04 Å². The smallest absolute Gasteiger partial charge is 0.227 e. The first-order chi connectivity index (χ1) is 13.2. The van der Waals surface area contributed by atoms with Gasteiger partial charge >= 0.3 is 0 Å². The normalized spacial score (nSPS) is 18.6. The zero-order chi connectivity index (χ0) is 18.6. The second-order valence-electron chi connectivity index (χ2n) is 7.42. The van der Waals surface area contributed by atoms with Crippen molar-refractivity contribution in [2.45, 2.75) is 45.1 Å². The summed E-state index contributed by atoms with van der Waals surface area (Å²) in [6.07, 6.45) is 6.99. The van der Waals surface area contributed by atoms with E-state index in [-0.39, 0.29) is 11.9 Å². The van der Waals surface area contributed by atoms with Gasteiger partial charge in [0.15, 0.2) is 0 Å². The predicted molar refractivity (Wildman–Crippen MR) is 108 cm³/mol. The molecule has 0 saturated carbocycles. The van der Waals surface area contributed by atoms with Crippen LogP contribution in [0.5, 0.6) is 0 Å². The van der Waals surface area contributed by atoms with Crippen LogP contribution in [-0.2, 0) is 4.79 Å². The fourth-order valence-corrected chi connectivity index (χ4v) is 3.91. The van der Waals surface area contributed by atoms with Crippen LogP contribution in [0.2, 0.25) is 0 Å². The van der Waals surface area contributed by atoms with Gasteiger partial charge in [0, 0.05) is 37.8 Å². The first kappa shape index (κ1) is 17.8. The monoisotopic (exact) mass is 365 g/mol. The summed E-state index contributed by atoms with van der Waals surface area (Å²) in [6.45, 7) is 5.07. The maximum absolute atomic E-state index is 12.0. The second kappa shape index (κ2) is 7.94. The molecule has 0 aliphatic carbocycles. The molecule has 1 aromatic heterocycles. The summed E-state index contributed by atoms with van der Waals surface area (Å²) in [7, 11) is 0. The standard InChI is InChI=1S/C21H27N5O/c1-16(17-7-5-8-18(13-17)26-12-6-9-21(26)27)24-19-14-20(23-15-22-19)25-10-3-2-4-11-25/h5,7-8,13-16H,2-4,6,9-12H2,1H3,(H,22,23,24). The molecule has 1 aromatic carbocycles. The topological polar surface area (TPSA) is 61.4 Å². The summed E-state index contributed by atoms with van der Waals surface area (Å²) in [6, 6.07) is 10.4. The number of hydrogen-bond donors (Lipinski definition) is 1. The maximum Gasteiger partial charge on any atom is 0.227 e. The van der Waals surface area contributed by atoms with Crippen LogP contribution in [0.3, 0.4) is 0 Å². The van der Waals surface area contributed by atoms with E-state index in [1.54, 1.807) is 6.33 Å². The number of nitrogens with zero attached hydrogens (tertiary/aromatic N) is 4. The lowest BCUT2D eigenvalue weighted by atomic mass is 10.1. The molecule has 6 heteroatoms. The number of amides is 1. The fraction of sp³-hybridized carbons (Fsp3) is 0.476. The molecule has 6 nitrogen and oxygen atoms in total. The van der Waals surface area contributed by atoms with Crippen LogP contribution in [0.1, 0.15) is 50.6 Å². The van der Waals surface area contributed by atoms with Crippen LogP contribution in [0.25, 0.3) is 0 Å². The Balaban J connectivity index is 1.47. The minimum absolute atomic E-state index is 0.0896. The minimum atomic E-state index is 0.0896. The maximum atomic E-state index is 12.0. The molecular weight excluding hydrogens is 338 g/mol. The Kier molecular flexibility index (Phi) is 5.23. The third kappa shape index (κ3) is 4.04. The Bertz CT molecular complexity index is 803. The molecule has 2 aromatic rings. The van der Waals surface area contributed by atoms with Gasteiger partial charge in [-0.2, -0.15) is 0 Å². The van der Waals surface area contributed by atoms with Gasteiger partial charge in [0.25, 0.3) is 0 Å². The van der Waals surface area contributed by atoms with Crippen molar-refractivity contribution in [1.29, 1.82) is 0 Å². The molecule has 0 radical (unpaired) electrons. The number of anilines is 3. The molecule has 1 amide bonds. The Morgan fingerprint density at radius 1 is 1.04 bits per heavy atom. The molecule has 1 atom stereocenters. The number of carbonyl (C=O) groups excluding carboxylic acids is 1. The highest BCUT2D eigenvalue weighted by Crippen LogP contribution is 2.27. The van der Waals surface area contributed by atoms with Crippen molar-refractivity contribution in [2.75, 3.05) is 34.8 Å². The number of aromatic nitrogens is 2. The SMILES string of the molecule is CC(Nc1cc(N2CCCCC2)ncn1)c1cccc(N2CCCC2=O)c1. The van der Waals surface area contributed by atoms with Gasteiger partial charge in [-0.15, -0.1) is 0 Å². The molecule has 2 fully saturated rings. The van der Waals surface area contributed by atoms with Crippen molar-refractivity contribution in [2.24, 2.45) is 0 Å². The Morgan fingerprint density at radius 3 is 2.67 bits per heavy atom. The zero-order valence-corrected chi connectivity index (χ0v) is 15.9. The van der Waals surface area contributed by atoms with Crippen molar-refractivity contribution in [3.05, 3.63) is 42.2 Å². The summed E-state index contributed by atoms with van der Waals surface area (Å²) < 4.78 is 0. The average molecular weight is 365 g/mol. The predicted octanol–water partition coefficient (Wildman–Crippen LogP) is 3.77. The van der Waals surface area contributed by atoms with E-state index in [0.717, 1.165) is 48.9 Å². The molecule has 1 N–H and O–H groups in total. The summed E-state index contributed by atoms with van der Waals surface area (Å²) in [5.41, 5.74) is 2.13. The summed E-state index contributed by atoms with van der Waals surface area (Å²) in [4.78, 5) is 25.1. The molecule has 142 valence electrons. The lowest BCUT2D eigenvalue weighted by molar-refractivity contribution is -0.117. The number of piperidine rings is 1. The zero-order valence-electron chi connectivity index (χ0n) is 15.9. The molecule has 2 aliphatic heterocycles. The summed E-state index contributed by atoms with van der Waals surface area (Å²) >= 11 is 0. The lowest BCUT2D eigenvalue weighted by Gasteiger charge is -2.28. The van der Waals surface area contributed by atoms with E-state index in [9.17, 15) is 4.79 Å². The quantitative estimate of drug-likeness (QED) is 0.874. The Hall–Kier alpha value is -2.63. The number of hydrogen-bond acceptors (Lipinski definition) is 5. The van der Waals surface area contributed by atoms with Crippen molar-refractivity contribution in [3.8, 4) is 0 Å². The molecule has 4 rings (SSSR count). The number of benzene rings is 1. The molecular formula is C21H27N5O. The highest BCUT2D eigenvalue weighted by molar-refractivity contribution is 5.95. The molecule has 2 aliphatic rings. The average Bonchev–Trinajstić information content (AvgIpc) is 3.15. The molecule has 0 bridgehead atoms. The van der Waals surface area contributed by atoms with Crippen LogP contribution in [0.15, 0.2) is 36.7 Å². The van der Waals surface area contributed by atoms with Crippen molar-refractivity contribution in [3.63, 3.8) is 0 Å². The number of carbonyl (C=O) groups is 1. The van der Waals surface area contributed by atoms with Gasteiger partial charge in [-0.05, 0) is 50.3 Å². The first-order valence-electron chi connectivity index (χ1n) is 9.94. The highest BCUT2D eigenvalue weighted by atomic mass is 16.2. The summed E-state index contributed by atoms with van der Waals surface area (Å²) in [5.74, 6) is 2.05. The van der Waals surface area contributed by atoms with E-state index in [1.807, 2.05) is 23.1 Å². The molecule has 2 saturated heterocycles. The van der Waals surface area contributed by atoms with E-state index in [2.05, 4.69) is 39.2 Å². The highest BCUT2D eigenvalue weighted by Gasteiger charge is 2.22. The largest absolute Gasteiger partial charge is 0.363 e. The molecule has 3 heterocycles. The van der Waals surface area contributed by atoms with Crippen molar-refractivity contribution in [1.82, 2.24) is 9.97 Å².